The molecule has 20 heavy (non-hydrogen) atoms. The van der Waals surface area contributed by atoms with Crippen molar-refractivity contribution in [3.05, 3.63) is 29.8 Å². The van der Waals surface area contributed by atoms with E-state index in [1.165, 1.54) is 0 Å². The van der Waals surface area contributed by atoms with Gasteiger partial charge in [0.05, 0.1) is 4.90 Å². The fourth-order valence-electron chi connectivity index (χ4n) is 2.60. The monoisotopic (exact) mass is 312 g/mol. The molecule has 1 aliphatic rings. The van der Waals surface area contributed by atoms with Gasteiger partial charge in [-0.15, -0.1) is 0 Å². The van der Waals surface area contributed by atoms with Gasteiger partial charge in [-0.2, -0.15) is 0 Å². The molecule has 0 bridgehead atoms. The highest BCUT2D eigenvalue weighted by atomic mass is 32.2. The molecule has 3 atom stereocenters. The van der Waals surface area contributed by atoms with Crippen LogP contribution in [0.4, 0.5) is 0 Å². The maximum absolute atomic E-state index is 12.3. The average Bonchev–Trinajstić information content (AvgIpc) is 2.70. The van der Waals surface area contributed by atoms with Crippen LogP contribution in [0.15, 0.2) is 29.2 Å². The lowest BCUT2D eigenvalue weighted by Gasteiger charge is -2.19. The SMILES string of the molecule is CC1CCC(NS(=O)(=O)c2ccc(C(N)=S)cc2)C1C. The zero-order chi connectivity index (χ0) is 14.9. The number of benzene rings is 1. The molecule has 1 aromatic carbocycles. The summed E-state index contributed by atoms with van der Waals surface area (Å²) < 4.78 is 27.5. The summed E-state index contributed by atoms with van der Waals surface area (Å²) in [5.74, 6) is 0.917. The molecular weight excluding hydrogens is 292 g/mol. The average molecular weight is 312 g/mol. The van der Waals surface area contributed by atoms with Crippen LogP contribution >= 0.6 is 12.2 Å². The number of rotatable bonds is 4. The Bertz CT molecular complexity index is 596. The van der Waals surface area contributed by atoms with E-state index in [9.17, 15) is 8.42 Å². The third-order valence-electron chi connectivity index (χ3n) is 4.22. The molecule has 0 spiro atoms. The molecule has 0 heterocycles. The fourth-order valence-corrected chi connectivity index (χ4v) is 4.09. The Morgan fingerprint density at radius 3 is 2.30 bits per heavy atom. The first-order chi connectivity index (χ1) is 9.31. The summed E-state index contributed by atoms with van der Waals surface area (Å²) in [5.41, 5.74) is 6.17. The Kier molecular flexibility index (Phi) is 4.46. The minimum atomic E-state index is -3.48. The van der Waals surface area contributed by atoms with Gasteiger partial charge in [-0.3, -0.25) is 0 Å². The van der Waals surface area contributed by atoms with Crippen LogP contribution < -0.4 is 10.5 Å². The third kappa shape index (κ3) is 3.19. The van der Waals surface area contributed by atoms with Gasteiger partial charge in [0, 0.05) is 11.6 Å². The Morgan fingerprint density at radius 1 is 1.25 bits per heavy atom. The summed E-state index contributed by atoms with van der Waals surface area (Å²) in [7, 11) is -3.48. The Balaban J connectivity index is 2.16. The molecule has 0 aliphatic heterocycles. The first-order valence-corrected chi connectivity index (χ1v) is 8.62. The zero-order valence-electron chi connectivity index (χ0n) is 11.7. The van der Waals surface area contributed by atoms with E-state index in [1.807, 2.05) is 0 Å². The number of nitrogens with two attached hydrogens (primary N) is 1. The van der Waals surface area contributed by atoms with Crippen molar-refractivity contribution in [2.24, 2.45) is 17.6 Å². The van der Waals surface area contributed by atoms with Gasteiger partial charge < -0.3 is 5.73 Å². The number of hydrogen-bond donors (Lipinski definition) is 2. The largest absolute Gasteiger partial charge is 0.389 e. The molecule has 110 valence electrons. The Labute approximate surface area is 125 Å². The summed E-state index contributed by atoms with van der Waals surface area (Å²) in [6, 6.07) is 6.37. The van der Waals surface area contributed by atoms with Gasteiger partial charge in [0.25, 0.3) is 0 Å². The normalized spacial score (nSPS) is 26.6. The molecule has 0 radical (unpaired) electrons. The van der Waals surface area contributed by atoms with Crippen LogP contribution in [0.3, 0.4) is 0 Å². The lowest BCUT2D eigenvalue weighted by Crippen LogP contribution is -2.37. The van der Waals surface area contributed by atoms with E-state index in [1.54, 1.807) is 24.3 Å². The molecule has 1 aliphatic carbocycles. The molecule has 6 heteroatoms. The fraction of sp³-hybridized carbons (Fsp3) is 0.500. The van der Waals surface area contributed by atoms with Gasteiger partial charge in [0.15, 0.2) is 0 Å². The van der Waals surface area contributed by atoms with Crippen molar-refractivity contribution in [1.82, 2.24) is 4.72 Å². The van der Waals surface area contributed by atoms with E-state index >= 15 is 0 Å². The Hall–Kier alpha value is -0.980. The van der Waals surface area contributed by atoms with E-state index in [4.69, 9.17) is 18.0 Å². The van der Waals surface area contributed by atoms with Crippen molar-refractivity contribution < 1.29 is 8.42 Å². The standard InChI is InChI=1S/C14H20N2O2S2/c1-9-3-8-13(10(9)2)16-20(17,18)12-6-4-11(5-7-12)14(15)19/h4-7,9-10,13,16H,3,8H2,1-2H3,(H2,15,19). The van der Waals surface area contributed by atoms with Crippen LogP contribution in [-0.4, -0.2) is 19.4 Å². The summed E-state index contributed by atoms with van der Waals surface area (Å²) in [5, 5.41) is 0. The quantitative estimate of drug-likeness (QED) is 0.835. The predicted octanol–water partition coefficient (Wildman–Crippen LogP) is 2.03. The highest BCUT2D eigenvalue weighted by molar-refractivity contribution is 7.89. The van der Waals surface area contributed by atoms with Crippen molar-refractivity contribution in [2.45, 2.75) is 37.6 Å². The van der Waals surface area contributed by atoms with E-state index in [-0.39, 0.29) is 15.9 Å². The molecule has 2 rings (SSSR count). The second-order valence-corrected chi connectivity index (χ2v) is 7.68. The smallest absolute Gasteiger partial charge is 0.240 e. The van der Waals surface area contributed by atoms with Crippen molar-refractivity contribution in [3.8, 4) is 0 Å². The lowest BCUT2D eigenvalue weighted by molar-refractivity contribution is 0.402. The molecule has 1 aromatic rings. The van der Waals surface area contributed by atoms with E-state index < -0.39 is 10.0 Å². The molecular formula is C14H20N2O2S2. The van der Waals surface area contributed by atoms with Gasteiger partial charge in [-0.05, 0) is 36.8 Å². The van der Waals surface area contributed by atoms with Crippen molar-refractivity contribution in [3.63, 3.8) is 0 Å². The second-order valence-electron chi connectivity index (χ2n) is 5.53. The molecule has 1 fully saturated rings. The molecule has 0 aromatic heterocycles. The highest BCUT2D eigenvalue weighted by Gasteiger charge is 2.32. The number of hydrogen-bond acceptors (Lipinski definition) is 3. The highest BCUT2D eigenvalue weighted by Crippen LogP contribution is 2.32. The molecule has 3 unspecified atom stereocenters. The maximum Gasteiger partial charge on any atom is 0.240 e. The summed E-state index contributed by atoms with van der Waals surface area (Å²) in [4.78, 5) is 0.518. The molecule has 4 nitrogen and oxygen atoms in total. The van der Waals surface area contributed by atoms with Crippen LogP contribution in [-0.2, 0) is 10.0 Å². The lowest BCUT2D eigenvalue weighted by atomic mass is 9.98. The van der Waals surface area contributed by atoms with E-state index in [0.29, 0.717) is 17.4 Å². The summed E-state index contributed by atoms with van der Waals surface area (Å²) in [6.45, 7) is 4.26. The zero-order valence-corrected chi connectivity index (χ0v) is 13.3. The van der Waals surface area contributed by atoms with Gasteiger partial charge in [-0.25, -0.2) is 13.1 Å². The Morgan fingerprint density at radius 2 is 1.85 bits per heavy atom. The van der Waals surface area contributed by atoms with Crippen LogP contribution in [0.1, 0.15) is 32.3 Å². The summed E-state index contributed by atoms with van der Waals surface area (Å²) >= 11 is 4.86. The van der Waals surface area contributed by atoms with Crippen LogP contribution in [0.25, 0.3) is 0 Å². The molecule has 3 N–H and O–H groups in total. The van der Waals surface area contributed by atoms with Gasteiger partial charge in [0.2, 0.25) is 10.0 Å². The third-order valence-corrected chi connectivity index (χ3v) is 5.96. The van der Waals surface area contributed by atoms with Crippen molar-refractivity contribution >= 4 is 27.2 Å². The molecule has 0 amide bonds. The minimum absolute atomic E-state index is 0.0188. The first kappa shape index (κ1) is 15.4. The van der Waals surface area contributed by atoms with Gasteiger partial charge >= 0.3 is 0 Å². The van der Waals surface area contributed by atoms with Crippen LogP contribution in [0, 0.1) is 11.8 Å². The second kappa shape index (κ2) is 5.79. The predicted molar refractivity (Wildman–Crippen MR) is 84.0 cm³/mol. The number of thiocarbonyl (C=S) groups is 1. The van der Waals surface area contributed by atoms with E-state index in [2.05, 4.69) is 18.6 Å². The topological polar surface area (TPSA) is 72.2 Å². The molecule has 0 saturated heterocycles. The van der Waals surface area contributed by atoms with Gasteiger partial charge in [-0.1, -0.05) is 38.2 Å². The first-order valence-electron chi connectivity index (χ1n) is 6.73. The van der Waals surface area contributed by atoms with Crippen molar-refractivity contribution in [2.75, 3.05) is 0 Å². The minimum Gasteiger partial charge on any atom is -0.389 e. The summed E-state index contributed by atoms with van der Waals surface area (Å²) in [6.07, 6.45) is 1.96. The molecule has 1 saturated carbocycles. The van der Waals surface area contributed by atoms with E-state index in [0.717, 1.165) is 12.8 Å². The van der Waals surface area contributed by atoms with Crippen molar-refractivity contribution in [1.29, 1.82) is 0 Å². The van der Waals surface area contributed by atoms with Crippen LogP contribution in [0.5, 0.6) is 0 Å². The van der Waals surface area contributed by atoms with Gasteiger partial charge in [0.1, 0.15) is 4.99 Å². The maximum atomic E-state index is 12.3. The number of sulfonamides is 1. The van der Waals surface area contributed by atoms with Crippen LogP contribution in [0.2, 0.25) is 0 Å². The number of nitrogens with one attached hydrogen (secondary N) is 1.